The summed E-state index contributed by atoms with van der Waals surface area (Å²) in [5.74, 6) is -0.245. The number of benzene rings is 3. The van der Waals surface area contributed by atoms with Crippen LogP contribution < -0.4 is 10.6 Å². The Labute approximate surface area is 153 Å². The number of hydrogen-bond acceptors (Lipinski definition) is 2. The van der Waals surface area contributed by atoms with Crippen molar-refractivity contribution in [1.29, 1.82) is 0 Å². The standard InChI is InChI=1S/C23H20N2O/c24-22-20(17-10-4-1-5-11-17)16-21(18-12-6-2-7-13-18)25(23(22)26)19-14-8-3-9-15-19/h1-16,20,22H,24H2/t20-,22-/m1/s1. The fourth-order valence-corrected chi connectivity index (χ4v) is 3.43. The topological polar surface area (TPSA) is 46.3 Å². The van der Waals surface area contributed by atoms with Gasteiger partial charge in [0.25, 0.3) is 0 Å². The summed E-state index contributed by atoms with van der Waals surface area (Å²) in [6.07, 6.45) is 2.11. The molecule has 0 bridgehead atoms. The molecular formula is C23H20N2O. The number of rotatable bonds is 3. The largest absolute Gasteiger partial charge is 0.319 e. The molecule has 1 amide bonds. The molecule has 2 atom stereocenters. The van der Waals surface area contributed by atoms with Crippen LogP contribution in [0.25, 0.3) is 5.70 Å². The molecule has 0 aliphatic carbocycles. The van der Waals surface area contributed by atoms with Gasteiger partial charge >= 0.3 is 0 Å². The predicted octanol–water partition coefficient (Wildman–Crippen LogP) is 4.19. The predicted molar refractivity (Wildman–Crippen MR) is 106 cm³/mol. The van der Waals surface area contributed by atoms with E-state index in [0.29, 0.717) is 0 Å². The van der Waals surface area contributed by atoms with Crippen LogP contribution in [0, 0.1) is 0 Å². The Hall–Kier alpha value is -3.17. The Morgan fingerprint density at radius 3 is 1.88 bits per heavy atom. The van der Waals surface area contributed by atoms with E-state index in [0.717, 1.165) is 22.5 Å². The van der Waals surface area contributed by atoms with E-state index in [1.807, 2.05) is 91.0 Å². The first kappa shape index (κ1) is 16.3. The summed E-state index contributed by atoms with van der Waals surface area (Å²) < 4.78 is 0. The van der Waals surface area contributed by atoms with Crippen LogP contribution >= 0.6 is 0 Å². The van der Waals surface area contributed by atoms with Crippen LogP contribution in [0.4, 0.5) is 5.69 Å². The molecule has 0 saturated heterocycles. The molecule has 0 aromatic heterocycles. The average Bonchev–Trinajstić information content (AvgIpc) is 2.72. The van der Waals surface area contributed by atoms with Crippen LogP contribution in [0.1, 0.15) is 17.0 Å². The maximum atomic E-state index is 13.3. The Morgan fingerprint density at radius 1 is 0.731 bits per heavy atom. The molecule has 4 rings (SSSR count). The van der Waals surface area contributed by atoms with Crippen molar-refractivity contribution in [2.24, 2.45) is 5.73 Å². The zero-order valence-electron chi connectivity index (χ0n) is 14.3. The summed E-state index contributed by atoms with van der Waals surface area (Å²) >= 11 is 0. The fourth-order valence-electron chi connectivity index (χ4n) is 3.43. The second kappa shape index (κ2) is 6.98. The molecule has 3 heteroatoms. The van der Waals surface area contributed by atoms with E-state index in [4.69, 9.17) is 5.73 Å². The number of anilines is 1. The highest BCUT2D eigenvalue weighted by Gasteiger charge is 2.36. The second-order valence-electron chi connectivity index (χ2n) is 6.39. The molecule has 0 saturated carbocycles. The molecule has 1 heterocycles. The Kier molecular flexibility index (Phi) is 4.38. The summed E-state index contributed by atoms with van der Waals surface area (Å²) in [6.45, 7) is 0. The van der Waals surface area contributed by atoms with Gasteiger partial charge in [0.1, 0.15) is 0 Å². The first-order valence-corrected chi connectivity index (χ1v) is 8.72. The molecule has 3 aromatic rings. The molecule has 2 N–H and O–H groups in total. The van der Waals surface area contributed by atoms with E-state index in [9.17, 15) is 4.79 Å². The molecule has 0 radical (unpaired) electrons. The minimum atomic E-state index is -0.620. The van der Waals surface area contributed by atoms with Crippen molar-refractivity contribution >= 4 is 17.3 Å². The van der Waals surface area contributed by atoms with E-state index < -0.39 is 6.04 Å². The Balaban J connectivity index is 1.88. The molecule has 0 fully saturated rings. The molecule has 3 nitrogen and oxygen atoms in total. The molecule has 128 valence electrons. The number of carbonyl (C=O) groups is 1. The maximum Gasteiger partial charge on any atom is 0.249 e. The van der Waals surface area contributed by atoms with E-state index >= 15 is 0 Å². The van der Waals surface area contributed by atoms with Gasteiger partial charge in [0.05, 0.1) is 11.7 Å². The van der Waals surface area contributed by atoms with Crippen molar-refractivity contribution in [2.45, 2.75) is 12.0 Å². The van der Waals surface area contributed by atoms with Crippen molar-refractivity contribution < 1.29 is 4.79 Å². The summed E-state index contributed by atoms with van der Waals surface area (Å²) in [6, 6.07) is 29.0. The smallest absolute Gasteiger partial charge is 0.249 e. The Bertz CT molecular complexity index is 920. The zero-order valence-corrected chi connectivity index (χ0v) is 14.3. The third kappa shape index (κ3) is 2.93. The number of hydrogen-bond donors (Lipinski definition) is 1. The highest BCUT2D eigenvalue weighted by Crippen LogP contribution is 2.36. The number of nitrogens with zero attached hydrogens (tertiary/aromatic N) is 1. The summed E-state index contributed by atoms with van der Waals surface area (Å²) in [5, 5.41) is 0. The first-order valence-electron chi connectivity index (χ1n) is 8.72. The quantitative estimate of drug-likeness (QED) is 0.777. The molecule has 0 spiro atoms. The molecule has 26 heavy (non-hydrogen) atoms. The van der Waals surface area contributed by atoms with Crippen molar-refractivity contribution in [1.82, 2.24) is 0 Å². The minimum absolute atomic E-state index is 0.0913. The van der Waals surface area contributed by atoms with Crippen LogP contribution in [0.15, 0.2) is 97.1 Å². The first-order chi connectivity index (χ1) is 12.8. The summed E-state index contributed by atoms with van der Waals surface area (Å²) in [5.41, 5.74) is 10.1. The lowest BCUT2D eigenvalue weighted by molar-refractivity contribution is -0.119. The SMILES string of the molecule is N[C@H]1C(=O)N(c2ccccc2)C(c2ccccc2)=C[C@@H]1c1ccccc1. The number of nitrogens with two attached hydrogens (primary N) is 1. The van der Waals surface area contributed by atoms with E-state index in [1.165, 1.54) is 0 Å². The van der Waals surface area contributed by atoms with Crippen LogP contribution in [-0.2, 0) is 4.79 Å². The van der Waals surface area contributed by atoms with Gasteiger partial charge in [-0.1, -0.05) is 78.9 Å². The maximum absolute atomic E-state index is 13.3. The zero-order chi connectivity index (χ0) is 17.9. The number of carbonyl (C=O) groups excluding carboxylic acids is 1. The van der Waals surface area contributed by atoms with Crippen LogP contribution in [0.3, 0.4) is 0 Å². The van der Waals surface area contributed by atoms with Gasteiger partial charge in [0.2, 0.25) is 5.91 Å². The van der Waals surface area contributed by atoms with E-state index in [1.54, 1.807) is 4.90 Å². The lowest BCUT2D eigenvalue weighted by Gasteiger charge is -2.36. The van der Waals surface area contributed by atoms with Gasteiger partial charge in [-0.25, -0.2) is 0 Å². The molecular weight excluding hydrogens is 320 g/mol. The summed E-state index contributed by atoms with van der Waals surface area (Å²) in [4.78, 5) is 15.0. The monoisotopic (exact) mass is 340 g/mol. The lowest BCUT2D eigenvalue weighted by Crippen LogP contribution is -2.49. The van der Waals surface area contributed by atoms with Crippen molar-refractivity contribution in [3.8, 4) is 0 Å². The van der Waals surface area contributed by atoms with Gasteiger partial charge in [0.15, 0.2) is 0 Å². The lowest BCUT2D eigenvalue weighted by atomic mass is 9.85. The minimum Gasteiger partial charge on any atom is -0.319 e. The third-order valence-corrected chi connectivity index (χ3v) is 4.74. The highest BCUT2D eigenvalue weighted by atomic mass is 16.2. The molecule has 1 aliphatic heterocycles. The van der Waals surface area contributed by atoms with Crippen LogP contribution in [-0.4, -0.2) is 11.9 Å². The van der Waals surface area contributed by atoms with Gasteiger partial charge < -0.3 is 5.73 Å². The Morgan fingerprint density at radius 2 is 1.27 bits per heavy atom. The van der Waals surface area contributed by atoms with Crippen molar-refractivity contribution in [3.63, 3.8) is 0 Å². The molecule has 0 unspecified atom stereocenters. The second-order valence-corrected chi connectivity index (χ2v) is 6.39. The van der Waals surface area contributed by atoms with Crippen molar-refractivity contribution in [3.05, 3.63) is 108 Å². The van der Waals surface area contributed by atoms with Gasteiger partial charge in [-0.2, -0.15) is 0 Å². The van der Waals surface area contributed by atoms with Gasteiger partial charge in [0, 0.05) is 11.6 Å². The van der Waals surface area contributed by atoms with Gasteiger partial charge in [-0.3, -0.25) is 9.69 Å². The fraction of sp³-hybridized carbons (Fsp3) is 0.0870. The van der Waals surface area contributed by atoms with Crippen LogP contribution in [0.5, 0.6) is 0 Å². The van der Waals surface area contributed by atoms with E-state index in [2.05, 4.69) is 6.08 Å². The van der Waals surface area contributed by atoms with Gasteiger partial charge in [-0.05, 0) is 29.3 Å². The number of para-hydroxylation sites is 1. The van der Waals surface area contributed by atoms with Crippen LogP contribution in [0.2, 0.25) is 0 Å². The molecule has 3 aromatic carbocycles. The van der Waals surface area contributed by atoms with Crippen molar-refractivity contribution in [2.75, 3.05) is 4.90 Å². The highest BCUT2D eigenvalue weighted by molar-refractivity contribution is 6.10. The average molecular weight is 340 g/mol. The normalized spacial score (nSPS) is 20.0. The van der Waals surface area contributed by atoms with E-state index in [-0.39, 0.29) is 11.8 Å². The number of amides is 1. The molecule has 1 aliphatic rings. The third-order valence-electron chi connectivity index (χ3n) is 4.74. The van der Waals surface area contributed by atoms with Gasteiger partial charge in [-0.15, -0.1) is 0 Å². The summed E-state index contributed by atoms with van der Waals surface area (Å²) in [7, 11) is 0.